The van der Waals surface area contributed by atoms with Crippen molar-refractivity contribution in [2.24, 2.45) is 0 Å². The van der Waals surface area contributed by atoms with Gasteiger partial charge in [-0.25, -0.2) is 0 Å². The van der Waals surface area contributed by atoms with Gasteiger partial charge in [0.05, 0.1) is 0 Å². The first-order valence-corrected chi connectivity index (χ1v) is 10.7. The van der Waals surface area contributed by atoms with E-state index in [2.05, 4.69) is 37.8 Å². The van der Waals surface area contributed by atoms with Gasteiger partial charge in [-0.3, -0.25) is 0 Å². The molecule has 0 aromatic rings. The normalized spacial score (nSPS) is 12.4. The van der Waals surface area contributed by atoms with Crippen LogP contribution < -0.4 is 0 Å². The Balaban J connectivity index is 3.21. The van der Waals surface area contributed by atoms with Crippen molar-refractivity contribution >= 4 is 0 Å². The van der Waals surface area contributed by atoms with E-state index in [-0.39, 0.29) is 0 Å². The van der Waals surface area contributed by atoms with E-state index in [4.69, 9.17) is 0 Å². The van der Waals surface area contributed by atoms with Gasteiger partial charge in [0.1, 0.15) is 0 Å². The van der Waals surface area contributed by atoms with E-state index in [1.54, 1.807) is 6.08 Å². The van der Waals surface area contributed by atoms with Gasteiger partial charge in [0.25, 0.3) is 0 Å². The molecule has 0 aromatic carbocycles. The zero-order valence-corrected chi connectivity index (χ0v) is 16.8. The van der Waals surface area contributed by atoms with Crippen LogP contribution in [0, 0.1) is 0 Å². The highest BCUT2D eigenvalue weighted by molar-refractivity contribution is 5.17. The molecule has 0 aliphatic carbocycles. The molecule has 0 nitrogen and oxygen atoms in total. The lowest BCUT2D eigenvalue weighted by Gasteiger charge is -2.02. The van der Waals surface area contributed by atoms with Gasteiger partial charge in [-0.2, -0.15) is 0 Å². The van der Waals surface area contributed by atoms with E-state index in [1.807, 2.05) is 24.3 Å². The molecule has 0 fully saturated rings. The van der Waals surface area contributed by atoms with E-state index in [1.165, 1.54) is 89.9 Å². The number of rotatable bonds is 18. The molecule has 0 saturated carbocycles. The minimum atomic E-state index is 1.21. The van der Waals surface area contributed by atoms with Crippen molar-refractivity contribution < 1.29 is 0 Å². The van der Waals surface area contributed by atoms with Crippen LogP contribution in [0.5, 0.6) is 0 Å². The van der Waals surface area contributed by atoms with Crippen molar-refractivity contribution in [1.29, 1.82) is 0 Å². The first kappa shape index (κ1) is 23.7. The van der Waals surface area contributed by atoms with Gasteiger partial charge in [-0.1, -0.05) is 145 Å². The SMILES string of the molecule is C=CC=CC=CC=CC=CCCCCCCCCCCCCCCC. The smallest absolute Gasteiger partial charge is 0.0348 e. The van der Waals surface area contributed by atoms with Crippen LogP contribution >= 0.6 is 0 Å². The minimum absolute atomic E-state index is 1.21. The van der Waals surface area contributed by atoms with Crippen LogP contribution in [0.25, 0.3) is 0 Å². The quantitative estimate of drug-likeness (QED) is 0.172. The Hall–Kier alpha value is -1.30. The van der Waals surface area contributed by atoms with Gasteiger partial charge >= 0.3 is 0 Å². The molecule has 0 atom stereocenters. The average Bonchev–Trinajstić information content (AvgIpc) is 2.63. The first-order chi connectivity index (χ1) is 12.4. The van der Waals surface area contributed by atoms with Crippen LogP contribution in [0.4, 0.5) is 0 Å². The van der Waals surface area contributed by atoms with Gasteiger partial charge in [0.15, 0.2) is 0 Å². The maximum atomic E-state index is 3.63. The van der Waals surface area contributed by atoms with Gasteiger partial charge < -0.3 is 0 Å². The van der Waals surface area contributed by atoms with E-state index in [9.17, 15) is 0 Å². The average molecular weight is 343 g/mol. The van der Waals surface area contributed by atoms with E-state index in [0.29, 0.717) is 0 Å². The van der Waals surface area contributed by atoms with E-state index < -0.39 is 0 Å². The third kappa shape index (κ3) is 22.7. The van der Waals surface area contributed by atoms with Crippen molar-refractivity contribution in [2.75, 3.05) is 0 Å². The summed E-state index contributed by atoms with van der Waals surface area (Å²) in [6.45, 7) is 5.92. The molecule has 0 heteroatoms. The summed E-state index contributed by atoms with van der Waals surface area (Å²) in [5, 5.41) is 0. The van der Waals surface area contributed by atoms with Crippen LogP contribution in [0.2, 0.25) is 0 Å². The Morgan fingerprint density at radius 2 is 0.880 bits per heavy atom. The van der Waals surface area contributed by atoms with Crippen LogP contribution in [-0.2, 0) is 0 Å². The molecule has 0 rings (SSSR count). The summed E-state index contributed by atoms with van der Waals surface area (Å²) in [4.78, 5) is 0. The molecule has 0 aliphatic heterocycles. The van der Waals surface area contributed by atoms with Gasteiger partial charge in [-0.05, 0) is 12.8 Å². The lowest BCUT2D eigenvalue weighted by atomic mass is 10.0. The first-order valence-electron chi connectivity index (χ1n) is 10.7. The molecule has 0 amide bonds. The molecule has 0 unspecified atom stereocenters. The van der Waals surface area contributed by atoms with Gasteiger partial charge in [0.2, 0.25) is 0 Å². The topological polar surface area (TPSA) is 0 Å². The Kier molecular flexibility index (Phi) is 21.5. The van der Waals surface area contributed by atoms with Crippen LogP contribution in [0.15, 0.2) is 61.3 Å². The predicted molar refractivity (Wildman–Crippen MR) is 117 cm³/mol. The van der Waals surface area contributed by atoms with Gasteiger partial charge in [0, 0.05) is 0 Å². The minimum Gasteiger partial charge on any atom is -0.0991 e. The molecule has 0 aliphatic rings. The molecule has 142 valence electrons. The number of hydrogen-bond donors (Lipinski definition) is 0. The maximum absolute atomic E-state index is 3.63. The Bertz CT molecular complexity index is 367. The summed E-state index contributed by atoms with van der Waals surface area (Å²) in [6, 6.07) is 0. The molecule has 0 bridgehead atoms. The molecule has 0 N–H and O–H groups in total. The molecule has 0 spiro atoms. The standard InChI is InChI=1S/C25H42/c1-3-5-7-9-11-13-15-17-19-21-23-25-24-22-20-18-16-14-12-10-8-6-4-2/h3,5,7,9,11,13,15,17,19H,1,4,6,8,10,12,14,16,18,20-25H2,2H3. The summed E-state index contributed by atoms with van der Waals surface area (Å²) >= 11 is 0. The summed E-state index contributed by atoms with van der Waals surface area (Å²) in [6.07, 6.45) is 38.1. The van der Waals surface area contributed by atoms with Crippen molar-refractivity contribution in [2.45, 2.75) is 96.8 Å². The molecular weight excluding hydrogens is 300 g/mol. The molecule has 0 heterocycles. The summed E-state index contributed by atoms with van der Waals surface area (Å²) in [5.74, 6) is 0. The molecule has 25 heavy (non-hydrogen) atoms. The Morgan fingerprint density at radius 1 is 0.480 bits per heavy atom. The summed E-state index contributed by atoms with van der Waals surface area (Å²) < 4.78 is 0. The predicted octanol–water partition coefficient (Wildman–Crippen LogP) is 8.88. The lowest BCUT2D eigenvalue weighted by Crippen LogP contribution is -1.82. The molecule has 0 aromatic heterocycles. The van der Waals surface area contributed by atoms with Crippen molar-refractivity contribution in [3.8, 4) is 0 Å². The summed E-state index contributed by atoms with van der Waals surface area (Å²) in [5.41, 5.74) is 0. The van der Waals surface area contributed by atoms with Crippen LogP contribution in [0.3, 0.4) is 0 Å². The number of allylic oxidation sites excluding steroid dienone is 9. The van der Waals surface area contributed by atoms with E-state index >= 15 is 0 Å². The zero-order valence-electron chi connectivity index (χ0n) is 16.8. The number of unbranched alkanes of at least 4 members (excludes halogenated alkanes) is 13. The second-order valence-corrected chi connectivity index (χ2v) is 6.85. The monoisotopic (exact) mass is 342 g/mol. The Morgan fingerprint density at radius 3 is 1.36 bits per heavy atom. The summed E-state index contributed by atoms with van der Waals surface area (Å²) in [7, 11) is 0. The Labute approximate surface area is 158 Å². The molecule has 0 saturated heterocycles. The van der Waals surface area contributed by atoms with E-state index in [0.717, 1.165) is 0 Å². The largest absolute Gasteiger partial charge is 0.0991 e. The fourth-order valence-electron chi connectivity index (χ4n) is 2.85. The van der Waals surface area contributed by atoms with Crippen molar-refractivity contribution in [3.63, 3.8) is 0 Å². The highest BCUT2D eigenvalue weighted by atomic mass is 14.0. The molecular formula is C25H42. The van der Waals surface area contributed by atoms with Gasteiger partial charge in [-0.15, -0.1) is 0 Å². The lowest BCUT2D eigenvalue weighted by molar-refractivity contribution is 0.540. The molecule has 0 radical (unpaired) electrons. The second-order valence-electron chi connectivity index (χ2n) is 6.85. The highest BCUT2D eigenvalue weighted by Crippen LogP contribution is 2.12. The van der Waals surface area contributed by atoms with Crippen LogP contribution in [0.1, 0.15) is 96.8 Å². The van der Waals surface area contributed by atoms with Crippen LogP contribution in [-0.4, -0.2) is 0 Å². The van der Waals surface area contributed by atoms with Crippen molar-refractivity contribution in [3.05, 3.63) is 61.3 Å². The fourth-order valence-corrected chi connectivity index (χ4v) is 2.85. The highest BCUT2D eigenvalue weighted by Gasteiger charge is 1.93. The fraction of sp³-hybridized carbons (Fsp3) is 0.600. The van der Waals surface area contributed by atoms with Crippen molar-refractivity contribution in [1.82, 2.24) is 0 Å². The maximum Gasteiger partial charge on any atom is -0.0348 e. The third-order valence-corrected chi connectivity index (χ3v) is 4.41. The second kappa shape index (κ2) is 22.7. The number of hydrogen-bond acceptors (Lipinski definition) is 0. The zero-order chi connectivity index (χ0) is 18.3. The third-order valence-electron chi connectivity index (χ3n) is 4.41.